The fourth-order valence-corrected chi connectivity index (χ4v) is 1.73. The van der Waals surface area contributed by atoms with Crippen LogP contribution in [0, 0.1) is 4.91 Å². The summed E-state index contributed by atoms with van der Waals surface area (Å²) in [6.07, 6.45) is 0.543. The topological polar surface area (TPSA) is 65.0 Å². The largest absolute Gasteiger partial charge is 0.493 e. The fraction of sp³-hybridized carbons (Fsp3) is 0.364. The molecule has 0 radical (unpaired) electrons. The Labute approximate surface area is 92.3 Å². The molecule has 0 N–H and O–H groups in total. The lowest BCUT2D eigenvalue weighted by Gasteiger charge is -2.21. The average Bonchev–Trinajstić information content (AvgIpc) is 2.36. The maximum atomic E-state index is 11.3. The molecule has 0 spiro atoms. The van der Waals surface area contributed by atoms with Crippen molar-refractivity contribution in [1.82, 2.24) is 0 Å². The quantitative estimate of drug-likeness (QED) is 0.566. The monoisotopic (exact) mass is 221 g/mol. The van der Waals surface area contributed by atoms with Gasteiger partial charge in [0.25, 0.3) is 0 Å². The molecule has 0 aromatic heterocycles. The Bertz CT molecular complexity index is 430. The van der Waals surface area contributed by atoms with Gasteiger partial charge in [-0.05, 0) is 18.2 Å². The van der Waals surface area contributed by atoms with Gasteiger partial charge in [0, 0.05) is 12.0 Å². The maximum absolute atomic E-state index is 11.3. The van der Waals surface area contributed by atoms with E-state index in [4.69, 9.17) is 4.74 Å². The van der Waals surface area contributed by atoms with Crippen molar-refractivity contribution in [3.63, 3.8) is 0 Å². The van der Waals surface area contributed by atoms with Crippen LogP contribution in [0.5, 0.6) is 5.75 Å². The van der Waals surface area contributed by atoms with Gasteiger partial charge in [0.05, 0.1) is 19.3 Å². The SMILES string of the molecule is COC(=O)c1ccc2c(c1)C(N=O)CCO2. The number of carbonyl (C=O) groups excluding carboxylic acids is 1. The molecule has 0 fully saturated rings. The Morgan fingerprint density at radius 2 is 2.38 bits per heavy atom. The molecule has 1 unspecified atom stereocenters. The van der Waals surface area contributed by atoms with Crippen LogP contribution in [0.15, 0.2) is 23.4 Å². The number of hydrogen-bond acceptors (Lipinski definition) is 5. The van der Waals surface area contributed by atoms with Gasteiger partial charge in [0.2, 0.25) is 0 Å². The third-order valence-corrected chi connectivity index (χ3v) is 2.57. The van der Waals surface area contributed by atoms with Crippen LogP contribution in [0.25, 0.3) is 0 Å². The highest BCUT2D eigenvalue weighted by molar-refractivity contribution is 5.89. The van der Waals surface area contributed by atoms with Crippen molar-refractivity contribution in [1.29, 1.82) is 0 Å². The van der Waals surface area contributed by atoms with E-state index in [0.29, 0.717) is 29.9 Å². The van der Waals surface area contributed by atoms with Crippen molar-refractivity contribution in [2.75, 3.05) is 13.7 Å². The number of ether oxygens (including phenoxy) is 2. The van der Waals surface area contributed by atoms with Crippen molar-refractivity contribution in [3.8, 4) is 5.75 Å². The molecule has 1 heterocycles. The summed E-state index contributed by atoms with van der Waals surface area (Å²) in [5.74, 6) is 0.182. The third kappa shape index (κ3) is 1.76. The first-order valence-electron chi connectivity index (χ1n) is 4.94. The minimum atomic E-state index is -0.437. The minimum absolute atomic E-state index is 0.403. The smallest absolute Gasteiger partial charge is 0.337 e. The second-order valence-electron chi connectivity index (χ2n) is 3.50. The van der Waals surface area contributed by atoms with E-state index in [1.54, 1.807) is 18.2 Å². The Morgan fingerprint density at radius 1 is 1.56 bits per heavy atom. The van der Waals surface area contributed by atoms with Crippen LogP contribution in [0.2, 0.25) is 0 Å². The van der Waals surface area contributed by atoms with E-state index in [1.165, 1.54) is 7.11 Å². The number of nitroso groups, excluding NO2 is 1. The summed E-state index contributed by atoms with van der Waals surface area (Å²) in [7, 11) is 1.31. The number of rotatable bonds is 2. The van der Waals surface area contributed by atoms with Crippen molar-refractivity contribution >= 4 is 5.97 Å². The zero-order valence-corrected chi connectivity index (χ0v) is 8.80. The van der Waals surface area contributed by atoms with E-state index in [-0.39, 0.29) is 0 Å². The van der Waals surface area contributed by atoms with Crippen LogP contribution in [-0.4, -0.2) is 19.7 Å². The van der Waals surface area contributed by atoms with Crippen LogP contribution < -0.4 is 4.74 Å². The fourth-order valence-electron chi connectivity index (χ4n) is 1.73. The molecule has 5 nitrogen and oxygen atoms in total. The van der Waals surface area contributed by atoms with Crippen LogP contribution in [0.3, 0.4) is 0 Å². The summed E-state index contributed by atoms with van der Waals surface area (Å²) in [6.45, 7) is 0.473. The van der Waals surface area contributed by atoms with Crippen molar-refractivity contribution in [2.24, 2.45) is 5.18 Å². The van der Waals surface area contributed by atoms with Crippen LogP contribution in [-0.2, 0) is 4.74 Å². The first-order valence-corrected chi connectivity index (χ1v) is 4.94. The first kappa shape index (κ1) is 10.6. The van der Waals surface area contributed by atoms with Crippen LogP contribution in [0.1, 0.15) is 28.4 Å². The molecular weight excluding hydrogens is 210 g/mol. The van der Waals surface area contributed by atoms with Gasteiger partial charge in [-0.25, -0.2) is 4.79 Å². The molecule has 1 aromatic carbocycles. The molecule has 5 heteroatoms. The molecule has 0 bridgehead atoms. The van der Waals surface area contributed by atoms with Crippen LogP contribution >= 0.6 is 0 Å². The van der Waals surface area contributed by atoms with Gasteiger partial charge >= 0.3 is 5.97 Å². The third-order valence-electron chi connectivity index (χ3n) is 2.57. The minimum Gasteiger partial charge on any atom is -0.493 e. The number of benzene rings is 1. The molecule has 2 rings (SSSR count). The molecule has 1 aromatic rings. The van der Waals surface area contributed by atoms with Gasteiger partial charge in [0.15, 0.2) is 0 Å². The van der Waals surface area contributed by atoms with Gasteiger partial charge < -0.3 is 9.47 Å². The molecule has 1 atom stereocenters. The van der Waals surface area contributed by atoms with Gasteiger partial charge in [-0.15, -0.1) is 0 Å². The van der Waals surface area contributed by atoms with E-state index in [1.807, 2.05) is 0 Å². The lowest BCUT2D eigenvalue weighted by molar-refractivity contribution is 0.0600. The lowest BCUT2D eigenvalue weighted by atomic mass is 9.99. The number of esters is 1. The second kappa shape index (κ2) is 4.30. The Balaban J connectivity index is 2.42. The lowest BCUT2D eigenvalue weighted by Crippen LogP contribution is -2.13. The maximum Gasteiger partial charge on any atom is 0.337 e. The summed E-state index contributed by atoms with van der Waals surface area (Å²) in [6, 6.07) is 4.44. The Hall–Kier alpha value is -1.91. The second-order valence-corrected chi connectivity index (χ2v) is 3.50. The highest BCUT2D eigenvalue weighted by Gasteiger charge is 2.23. The van der Waals surface area contributed by atoms with E-state index in [2.05, 4.69) is 9.91 Å². The number of nitrogens with zero attached hydrogens (tertiary/aromatic N) is 1. The Kier molecular flexibility index (Phi) is 2.85. The molecule has 84 valence electrons. The summed E-state index contributed by atoms with van der Waals surface area (Å²) in [5.41, 5.74) is 1.06. The summed E-state index contributed by atoms with van der Waals surface area (Å²) < 4.78 is 9.98. The molecular formula is C11H11NO4. The van der Waals surface area contributed by atoms with E-state index in [0.717, 1.165) is 0 Å². The molecule has 0 amide bonds. The van der Waals surface area contributed by atoms with E-state index >= 15 is 0 Å². The molecule has 0 saturated heterocycles. The van der Waals surface area contributed by atoms with Crippen molar-refractivity contribution < 1.29 is 14.3 Å². The molecule has 0 saturated carbocycles. The molecule has 0 aliphatic carbocycles. The number of methoxy groups -OCH3 is 1. The van der Waals surface area contributed by atoms with Gasteiger partial charge in [0.1, 0.15) is 11.8 Å². The number of fused-ring (bicyclic) bond motifs is 1. The van der Waals surface area contributed by atoms with Gasteiger partial charge in [-0.3, -0.25) is 0 Å². The zero-order valence-electron chi connectivity index (χ0n) is 8.80. The molecule has 16 heavy (non-hydrogen) atoms. The zero-order chi connectivity index (χ0) is 11.5. The highest BCUT2D eigenvalue weighted by Crippen LogP contribution is 2.34. The van der Waals surface area contributed by atoms with Crippen molar-refractivity contribution in [2.45, 2.75) is 12.5 Å². The molecule has 1 aliphatic heterocycles. The van der Waals surface area contributed by atoms with Crippen molar-refractivity contribution in [3.05, 3.63) is 34.2 Å². The van der Waals surface area contributed by atoms with E-state index < -0.39 is 12.0 Å². The van der Waals surface area contributed by atoms with Gasteiger partial charge in [-0.2, -0.15) is 4.91 Å². The number of hydrogen-bond donors (Lipinski definition) is 0. The molecule has 1 aliphatic rings. The highest BCUT2D eigenvalue weighted by atomic mass is 16.5. The first-order chi connectivity index (χ1) is 7.76. The summed E-state index contributed by atoms with van der Waals surface area (Å²) in [5, 5.41) is 3.03. The van der Waals surface area contributed by atoms with Gasteiger partial charge in [-0.1, -0.05) is 5.18 Å². The predicted octanol–water partition coefficient (Wildman–Crippen LogP) is 2.06. The summed E-state index contributed by atoms with van der Waals surface area (Å²) in [4.78, 5) is 22.0. The summed E-state index contributed by atoms with van der Waals surface area (Å²) >= 11 is 0. The Morgan fingerprint density at radius 3 is 3.06 bits per heavy atom. The standard InChI is InChI=1S/C11H11NO4/c1-15-11(13)7-2-3-10-8(6-7)9(12-14)4-5-16-10/h2-3,6,9H,4-5H2,1H3. The number of carbonyl (C=O) groups is 1. The average molecular weight is 221 g/mol. The van der Waals surface area contributed by atoms with E-state index in [9.17, 15) is 9.70 Å². The normalized spacial score (nSPS) is 18.2. The van der Waals surface area contributed by atoms with Crippen LogP contribution in [0.4, 0.5) is 0 Å². The predicted molar refractivity (Wildman–Crippen MR) is 56.4 cm³/mol.